The molecule has 1 saturated heterocycles. The Hall–Kier alpha value is -1.55. The van der Waals surface area contributed by atoms with E-state index in [1.54, 1.807) is 0 Å². The van der Waals surface area contributed by atoms with E-state index in [0.717, 1.165) is 62.2 Å². The van der Waals surface area contributed by atoms with Gasteiger partial charge in [-0.25, -0.2) is 0 Å². The number of para-hydroxylation sites is 1. The molecule has 0 unspecified atom stereocenters. The summed E-state index contributed by atoms with van der Waals surface area (Å²) in [6, 6.07) is 15.7. The maximum absolute atomic E-state index is 6.01. The normalized spacial score (nSPS) is 15.5. The van der Waals surface area contributed by atoms with Crippen molar-refractivity contribution in [3.63, 3.8) is 0 Å². The zero-order valence-electron chi connectivity index (χ0n) is 13.2. The minimum absolute atomic E-state index is 0.719. The Balaban J connectivity index is 1.57. The molecule has 0 spiro atoms. The van der Waals surface area contributed by atoms with Crippen molar-refractivity contribution >= 4 is 11.6 Å². The molecule has 0 bridgehead atoms. The van der Waals surface area contributed by atoms with E-state index in [4.69, 9.17) is 21.1 Å². The number of rotatable bonds is 6. The van der Waals surface area contributed by atoms with E-state index < -0.39 is 0 Å². The SMILES string of the molecule is Clc1ccc(Oc2ccccc2CCCN2CCOCC2)cc1. The van der Waals surface area contributed by atoms with Crippen LogP contribution in [0.25, 0.3) is 0 Å². The molecule has 4 heteroatoms. The lowest BCUT2D eigenvalue weighted by Gasteiger charge is -2.26. The first-order chi connectivity index (χ1) is 11.3. The second-order valence-corrected chi connectivity index (χ2v) is 6.16. The summed E-state index contributed by atoms with van der Waals surface area (Å²) in [6.45, 7) is 4.91. The van der Waals surface area contributed by atoms with E-state index in [0.29, 0.717) is 0 Å². The number of hydrogen-bond acceptors (Lipinski definition) is 3. The molecule has 0 saturated carbocycles. The van der Waals surface area contributed by atoms with Gasteiger partial charge in [-0.05, 0) is 55.3 Å². The molecule has 0 radical (unpaired) electrons. The first-order valence-corrected chi connectivity index (χ1v) is 8.50. The lowest BCUT2D eigenvalue weighted by molar-refractivity contribution is 0.0374. The first kappa shape index (κ1) is 16.3. The second-order valence-electron chi connectivity index (χ2n) is 5.72. The third-order valence-electron chi connectivity index (χ3n) is 4.04. The summed E-state index contributed by atoms with van der Waals surface area (Å²) in [5.41, 5.74) is 1.25. The van der Waals surface area contributed by atoms with Gasteiger partial charge in [0.1, 0.15) is 11.5 Å². The van der Waals surface area contributed by atoms with Gasteiger partial charge in [-0.3, -0.25) is 4.90 Å². The molecule has 1 aliphatic heterocycles. The van der Waals surface area contributed by atoms with Gasteiger partial charge in [-0.15, -0.1) is 0 Å². The van der Waals surface area contributed by atoms with E-state index >= 15 is 0 Å². The Morgan fingerprint density at radius 1 is 1.00 bits per heavy atom. The summed E-state index contributed by atoms with van der Waals surface area (Å²) in [7, 11) is 0. The summed E-state index contributed by atoms with van der Waals surface area (Å²) < 4.78 is 11.4. The number of nitrogens with zero attached hydrogens (tertiary/aromatic N) is 1. The average molecular weight is 332 g/mol. The highest BCUT2D eigenvalue weighted by atomic mass is 35.5. The molecule has 0 aromatic heterocycles. The minimum Gasteiger partial charge on any atom is -0.457 e. The van der Waals surface area contributed by atoms with Crippen LogP contribution in [0.1, 0.15) is 12.0 Å². The molecule has 0 N–H and O–H groups in total. The minimum atomic E-state index is 0.719. The molecule has 1 fully saturated rings. The Morgan fingerprint density at radius 3 is 2.52 bits per heavy atom. The van der Waals surface area contributed by atoms with Crippen LogP contribution in [-0.2, 0) is 11.2 Å². The maximum atomic E-state index is 6.01. The molecule has 0 amide bonds. The van der Waals surface area contributed by atoms with E-state index in [1.807, 2.05) is 36.4 Å². The first-order valence-electron chi connectivity index (χ1n) is 8.13. The van der Waals surface area contributed by atoms with E-state index in [2.05, 4.69) is 17.0 Å². The van der Waals surface area contributed by atoms with Gasteiger partial charge in [-0.1, -0.05) is 29.8 Å². The number of hydrogen-bond donors (Lipinski definition) is 0. The molecule has 2 aromatic carbocycles. The van der Waals surface area contributed by atoms with Gasteiger partial charge < -0.3 is 9.47 Å². The third-order valence-corrected chi connectivity index (χ3v) is 4.29. The van der Waals surface area contributed by atoms with Crippen molar-refractivity contribution in [2.75, 3.05) is 32.8 Å². The predicted molar refractivity (Wildman–Crippen MR) is 93.5 cm³/mol. The number of benzene rings is 2. The maximum Gasteiger partial charge on any atom is 0.130 e. The van der Waals surface area contributed by atoms with Crippen molar-refractivity contribution in [1.29, 1.82) is 0 Å². The Bertz CT molecular complexity index is 609. The second kappa shape index (κ2) is 8.34. The molecule has 23 heavy (non-hydrogen) atoms. The lowest BCUT2D eigenvalue weighted by atomic mass is 10.1. The van der Waals surface area contributed by atoms with E-state index in [-0.39, 0.29) is 0 Å². The number of ether oxygens (including phenoxy) is 2. The van der Waals surface area contributed by atoms with Crippen molar-refractivity contribution in [2.24, 2.45) is 0 Å². The molecule has 122 valence electrons. The molecule has 0 aliphatic carbocycles. The molecule has 1 heterocycles. The zero-order valence-corrected chi connectivity index (χ0v) is 14.0. The number of halogens is 1. The number of morpholine rings is 1. The van der Waals surface area contributed by atoms with Crippen LogP contribution in [0.2, 0.25) is 5.02 Å². The van der Waals surface area contributed by atoms with Crippen LogP contribution in [-0.4, -0.2) is 37.7 Å². The Labute approximate surface area is 142 Å². The molecule has 3 rings (SSSR count). The van der Waals surface area contributed by atoms with Crippen molar-refractivity contribution in [1.82, 2.24) is 4.90 Å². The van der Waals surface area contributed by atoms with Gasteiger partial charge in [0.15, 0.2) is 0 Å². The molecular weight excluding hydrogens is 310 g/mol. The van der Waals surface area contributed by atoms with Crippen molar-refractivity contribution < 1.29 is 9.47 Å². The van der Waals surface area contributed by atoms with Gasteiger partial charge in [0, 0.05) is 18.1 Å². The Kier molecular flexibility index (Phi) is 5.92. The zero-order chi connectivity index (χ0) is 15.9. The van der Waals surface area contributed by atoms with Crippen LogP contribution in [0.3, 0.4) is 0 Å². The van der Waals surface area contributed by atoms with Crippen LogP contribution >= 0.6 is 11.6 Å². The van der Waals surface area contributed by atoms with Gasteiger partial charge in [0.05, 0.1) is 13.2 Å². The van der Waals surface area contributed by atoms with Crippen LogP contribution in [0.5, 0.6) is 11.5 Å². The summed E-state index contributed by atoms with van der Waals surface area (Å²) in [4.78, 5) is 2.46. The topological polar surface area (TPSA) is 21.7 Å². The highest BCUT2D eigenvalue weighted by molar-refractivity contribution is 6.30. The molecular formula is C19H22ClNO2. The molecule has 1 aliphatic rings. The Morgan fingerprint density at radius 2 is 1.74 bits per heavy atom. The largest absolute Gasteiger partial charge is 0.457 e. The molecule has 2 aromatic rings. The van der Waals surface area contributed by atoms with Crippen molar-refractivity contribution in [3.8, 4) is 11.5 Å². The van der Waals surface area contributed by atoms with Gasteiger partial charge >= 0.3 is 0 Å². The predicted octanol–water partition coefficient (Wildman–Crippen LogP) is 4.40. The summed E-state index contributed by atoms with van der Waals surface area (Å²) in [6.07, 6.45) is 2.14. The standard InChI is InChI=1S/C19H22ClNO2/c20-17-7-9-18(10-8-17)23-19-6-2-1-4-16(19)5-3-11-21-12-14-22-15-13-21/h1-2,4,6-10H,3,5,11-15H2. The fraction of sp³-hybridized carbons (Fsp3) is 0.368. The molecule has 0 atom stereocenters. The fourth-order valence-corrected chi connectivity index (χ4v) is 2.88. The highest BCUT2D eigenvalue weighted by Gasteiger charge is 2.10. The summed E-state index contributed by atoms with van der Waals surface area (Å²) >= 11 is 5.92. The van der Waals surface area contributed by atoms with Crippen LogP contribution < -0.4 is 4.74 Å². The van der Waals surface area contributed by atoms with Crippen molar-refractivity contribution in [3.05, 3.63) is 59.1 Å². The monoisotopic (exact) mass is 331 g/mol. The van der Waals surface area contributed by atoms with E-state index in [9.17, 15) is 0 Å². The van der Waals surface area contributed by atoms with Crippen LogP contribution in [0.4, 0.5) is 0 Å². The average Bonchev–Trinajstić information content (AvgIpc) is 2.59. The number of aryl methyl sites for hydroxylation is 1. The third kappa shape index (κ3) is 4.96. The van der Waals surface area contributed by atoms with E-state index in [1.165, 1.54) is 5.56 Å². The quantitative estimate of drug-likeness (QED) is 0.783. The van der Waals surface area contributed by atoms with Crippen LogP contribution in [0, 0.1) is 0 Å². The fourth-order valence-electron chi connectivity index (χ4n) is 2.76. The van der Waals surface area contributed by atoms with Gasteiger partial charge in [0.25, 0.3) is 0 Å². The smallest absolute Gasteiger partial charge is 0.130 e. The lowest BCUT2D eigenvalue weighted by Crippen LogP contribution is -2.36. The highest BCUT2D eigenvalue weighted by Crippen LogP contribution is 2.27. The van der Waals surface area contributed by atoms with Gasteiger partial charge in [-0.2, -0.15) is 0 Å². The summed E-state index contributed by atoms with van der Waals surface area (Å²) in [5.74, 6) is 1.74. The van der Waals surface area contributed by atoms with Crippen LogP contribution in [0.15, 0.2) is 48.5 Å². The molecule has 3 nitrogen and oxygen atoms in total. The van der Waals surface area contributed by atoms with Gasteiger partial charge in [0.2, 0.25) is 0 Å². The van der Waals surface area contributed by atoms with Crippen molar-refractivity contribution in [2.45, 2.75) is 12.8 Å². The summed E-state index contributed by atoms with van der Waals surface area (Å²) in [5, 5.41) is 0.719.